The molecule has 0 bridgehead atoms. The van der Waals surface area contributed by atoms with E-state index < -0.39 is 0 Å². The van der Waals surface area contributed by atoms with Crippen LogP contribution in [-0.2, 0) is 0 Å². The molecule has 1 fully saturated rings. The van der Waals surface area contributed by atoms with Crippen molar-refractivity contribution in [2.45, 2.75) is 39.5 Å². The molecule has 2 aromatic heterocycles. The van der Waals surface area contributed by atoms with Gasteiger partial charge in [0.2, 0.25) is 0 Å². The third-order valence-electron chi connectivity index (χ3n) is 5.61. The fourth-order valence-corrected chi connectivity index (χ4v) is 4.27. The van der Waals surface area contributed by atoms with E-state index in [0.29, 0.717) is 22.7 Å². The Morgan fingerprint density at radius 2 is 1.81 bits per heavy atom. The quantitative estimate of drug-likeness (QED) is 0.618. The predicted octanol–water partition coefficient (Wildman–Crippen LogP) is 4.70. The van der Waals surface area contributed by atoms with E-state index in [1.807, 2.05) is 30.5 Å². The zero-order valence-electron chi connectivity index (χ0n) is 18.4. The molecule has 3 aromatic rings. The maximum atomic E-state index is 9.34. The summed E-state index contributed by atoms with van der Waals surface area (Å²) in [5.41, 5.74) is 4.80. The van der Waals surface area contributed by atoms with Gasteiger partial charge in [0.25, 0.3) is 0 Å². The van der Waals surface area contributed by atoms with Gasteiger partial charge in [-0.3, -0.25) is 0 Å². The minimum atomic E-state index is 0.297. The topological polar surface area (TPSA) is 78.6 Å². The molecular weight excluding hydrogens is 384 g/mol. The lowest BCUT2D eigenvalue weighted by Gasteiger charge is -2.36. The third-order valence-corrected chi connectivity index (χ3v) is 5.61. The molecule has 1 aromatic carbocycles. The second-order valence-electron chi connectivity index (χ2n) is 9.42. The van der Waals surface area contributed by atoms with Crippen LogP contribution in [0.5, 0.6) is 0 Å². The van der Waals surface area contributed by atoms with Crippen LogP contribution >= 0.6 is 0 Å². The Balaban J connectivity index is 1.69. The molecule has 0 N–H and O–H groups in total. The Kier molecular flexibility index (Phi) is 6.06. The van der Waals surface area contributed by atoms with Crippen LogP contribution in [0, 0.1) is 16.7 Å². The first-order chi connectivity index (χ1) is 14.9. The zero-order valence-corrected chi connectivity index (χ0v) is 18.4. The van der Waals surface area contributed by atoms with E-state index in [0.717, 1.165) is 54.9 Å². The first-order valence-corrected chi connectivity index (χ1v) is 10.8. The molecule has 0 atom stereocenters. The lowest BCUT2D eigenvalue weighted by molar-refractivity contribution is 0.153. The monoisotopic (exact) mass is 412 g/mol. The van der Waals surface area contributed by atoms with Crippen molar-refractivity contribution in [3.63, 3.8) is 0 Å². The molecule has 0 unspecified atom stereocenters. The van der Waals surface area contributed by atoms with Gasteiger partial charge in [0.05, 0.1) is 22.9 Å². The van der Waals surface area contributed by atoms with Gasteiger partial charge in [0.15, 0.2) is 5.82 Å². The van der Waals surface area contributed by atoms with Crippen LogP contribution in [0.2, 0.25) is 0 Å². The van der Waals surface area contributed by atoms with E-state index in [4.69, 9.17) is 4.98 Å². The van der Waals surface area contributed by atoms with Crippen LogP contribution in [0.1, 0.15) is 50.8 Å². The van der Waals surface area contributed by atoms with Crippen molar-refractivity contribution >= 4 is 0 Å². The van der Waals surface area contributed by atoms with Crippen LogP contribution in [0.3, 0.4) is 0 Å². The van der Waals surface area contributed by atoms with Gasteiger partial charge in [0.1, 0.15) is 6.33 Å². The molecule has 6 heteroatoms. The first-order valence-electron chi connectivity index (χ1n) is 10.8. The summed E-state index contributed by atoms with van der Waals surface area (Å²) in [7, 11) is 0. The van der Waals surface area contributed by atoms with Gasteiger partial charge in [0, 0.05) is 36.6 Å². The maximum absolute atomic E-state index is 9.34. The minimum Gasteiger partial charge on any atom is -0.303 e. The van der Waals surface area contributed by atoms with Crippen LogP contribution in [0.4, 0.5) is 0 Å². The number of hydrogen-bond donors (Lipinski definition) is 0. The number of benzene rings is 1. The normalized spacial score (nSPS) is 15.5. The van der Waals surface area contributed by atoms with E-state index in [1.165, 1.54) is 6.33 Å². The van der Waals surface area contributed by atoms with Crippen molar-refractivity contribution < 1.29 is 0 Å². The number of likely N-dealkylation sites (tertiary alicyclic amines) is 1. The summed E-state index contributed by atoms with van der Waals surface area (Å²) >= 11 is 0. The van der Waals surface area contributed by atoms with E-state index in [1.54, 1.807) is 12.4 Å². The van der Waals surface area contributed by atoms with E-state index in [9.17, 15) is 5.26 Å². The number of nitriles is 1. The number of rotatable bonds is 4. The maximum Gasteiger partial charge on any atom is 0.162 e. The molecule has 3 heterocycles. The van der Waals surface area contributed by atoms with Crippen molar-refractivity contribution in [2.75, 3.05) is 19.6 Å². The molecule has 158 valence electrons. The van der Waals surface area contributed by atoms with Crippen molar-refractivity contribution in [2.24, 2.45) is 5.41 Å². The third kappa shape index (κ3) is 5.12. The van der Waals surface area contributed by atoms with Crippen molar-refractivity contribution in [3.8, 4) is 28.6 Å². The van der Waals surface area contributed by atoms with E-state index in [2.05, 4.69) is 46.7 Å². The molecule has 0 saturated carbocycles. The SMILES string of the molecule is CC(C)(C)CN1CCC(c2nc(-c3cncnc3)ncc2-c2cccc(C#N)c2)CC1. The summed E-state index contributed by atoms with van der Waals surface area (Å²) in [5, 5.41) is 9.34. The minimum absolute atomic E-state index is 0.297. The van der Waals surface area contributed by atoms with Gasteiger partial charge in [-0.25, -0.2) is 19.9 Å². The Morgan fingerprint density at radius 3 is 2.48 bits per heavy atom. The standard InChI is InChI=1S/C25H28N6/c1-25(2,3)16-31-9-7-19(8-10-31)23-22(20-6-4-5-18(11-20)12-26)15-29-24(30-23)21-13-27-17-28-14-21/h4-6,11,13-15,17,19H,7-10,16H2,1-3H3. The van der Waals surface area contributed by atoms with Crippen LogP contribution < -0.4 is 0 Å². The smallest absolute Gasteiger partial charge is 0.162 e. The highest BCUT2D eigenvalue weighted by molar-refractivity contribution is 5.69. The Morgan fingerprint density at radius 1 is 1.06 bits per heavy atom. The lowest BCUT2D eigenvalue weighted by Crippen LogP contribution is -2.38. The zero-order chi connectivity index (χ0) is 21.8. The van der Waals surface area contributed by atoms with Gasteiger partial charge in [-0.1, -0.05) is 32.9 Å². The Bertz CT molecular complexity index is 1070. The number of nitrogens with zero attached hydrogens (tertiary/aromatic N) is 6. The molecule has 0 amide bonds. The van der Waals surface area contributed by atoms with Gasteiger partial charge >= 0.3 is 0 Å². The number of aromatic nitrogens is 4. The molecule has 6 nitrogen and oxygen atoms in total. The summed E-state index contributed by atoms with van der Waals surface area (Å²) in [5.74, 6) is 0.997. The number of piperidine rings is 1. The van der Waals surface area contributed by atoms with E-state index in [-0.39, 0.29) is 0 Å². The summed E-state index contributed by atoms with van der Waals surface area (Å²) in [4.78, 5) is 20.4. The Labute approximate surface area is 184 Å². The van der Waals surface area contributed by atoms with Crippen LogP contribution in [-0.4, -0.2) is 44.5 Å². The second-order valence-corrected chi connectivity index (χ2v) is 9.42. The van der Waals surface area contributed by atoms with Crippen molar-refractivity contribution in [3.05, 3.63) is 60.4 Å². The molecule has 0 spiro atoms. The first kappa shape index (κ1) is 21.1. The highest BCUT2D eigenvalue weighted by Gasteiger charge is 2.27. The molecule has 0 aliphatic carbocycles. The average molecular weight is 413 g/mol. The molecule has 1 aliphatic heterocycles. The fraction of sp³-hybridized carbons (Fsp3) is 0.400. The van der Waals surface area contributed by atoms with Crippen molar-refractivity contribution in [1.29, 1.82) is 5.26 Å². The molecule has 31 heavy (non-hydrogen) atoms. The lowest BCUT2D eigenvalue weighted by atomic mass is 9.87. The fourth-order valence-electron chi connectivity index (χ4n) is 4.27. The molecule has 1 saturated heterocycles. The predicted molar refractivity (Wildman–Crippen MR) is 121 cm³/mol. The van der Waals surface area contributed by atoms with E-state index >= 15 is 0 Å². The van der Waals surface area contributed by atoms with Gasteiger partial charge in [-0.2, -0.15) is 5.26 Å². The molecule has 1 aliphatic rings. The summed E-state index contributed by atoms with van der Waals surface area (Å²) in [6, 6.07) is 9.93. The molecule has 0 radical (unpaired) electrons. The van der Waals surface area contributed by atoms with Gasteiger partial charge in [-0.05, 0) is 49.0 Å². The second kappa shape index (κ2) is 8.91. The number of hydrogen-bond acceptors (Lipinski definition) is 6. The van der Waals surface area contributed by atoms with Crippen LogP contribution in [0.15, 0.2) is 49.2 Å². The van der Waals surface area contributed by atoms with Gasteiger partial charge < -0.3 is 4.90 Å². The summed E-state index contributed by atoms with van der Waals surface area (Å²) in [6.45, 7) is 10.1. The largest absolute Gasteiger partial charge is 0.303 e. The molecular formula is C25H28N6. The highest BCUT2D eigenvalue weighted by atomic mass is 15.1. The molecule has 4 rings (SSSR count). The van der Waals surface area contributed by atoms with Gasteiger partial charge in [-0.15, -0.1) is 0 Å². The summed E-state index contributed by atoms with van der Waals surface area (Å²) in [6.07, 6.45) is 9.01. The summed E-state index contributed by atoms with van der Waals surface area (Å²) < 4.78 is 0. The highest BCUT2D eigenvalue weighted by Crippen LogP contribution is 2.35. The average Bonchev–Trinajstić information content (AvgIpc) is 2.79. The van der Waals surface area contributed by atoms with Crippen LogP contribution in [0.25, 0.3) is 22.5 Å². The van der Waals surface area contributed by atoms with Crippen molar-refractivity contribution in [1.82, 2.24) is 24.8 Å². The Hall–Kier alpha value is -3.17.